The number of anilines is 1. The molecule has 4 nitrogen and oxygen atoms in total. The van der Waals surface area contributed by atoms with Crippen molar-refractivity contribution in [2.75, 3.05) is 5.73 Å². The Morgan fingerprint density at radius 3 is 2.83 bits per heavy atom. The van der Waals surface area contributed by atoms with Gasteiger partial charge >= 0.3 is 5.97 Å². The molecule has 0 amide bonds. The first kappa shape index (κ1) is 8.99. The molecule has 0 radical (unpaired) electrons. The molecule has 1 rings (SSSR count). The third-order valence-corrected chi connectivity index (χ3v) is 1.77. The van der Waals surface area contributed by atoms with E-state index in [1.807, 2.05) is 0 Å². The van der Waals surface area contributed by atoms with Gasteiger partial charge in [0.1, 0.15) is 5.82 Å². The Bertz CT molecular complexity index is 314. The second kappa shape index (κ2) is 3.53. The van der Waals surface area contributed by atoms with Crippen molar-refractivity contribution in [2.45, 2.75) is 6.92 Å². The molecule has 0 fully saturated rings. The Kier molecular flexibility index (Phi) is 2.65. The number of aromatic nitrogens is 1. The minimum absolute atomic E-state index is 0.211. The van der Waals surface area contributed by atoms with Crippen LogP contribution >= 0.6 is 15.9 Å². The van der Waals surface area contributed by atoms with Gasteiger partial charge in [0.25, 0.3) is 0 Å². The van der Waals surface area contributed by atoms with Crippen molar-refractivity contribution >= 4 is 27.7 Å². The first-order valence-electron chi connectivity index (χ1n) is 3.20. The molecule has 0 saturated carbocycles. The molecule has 0 saturated heterocycles. The van der Waals surface area contributed by atoms with Crippen molar-refractivity contribution in [3.8, 4) is 5.88 Å². The van der Waals surface area contributed by atoms with Crippen LogP contribution in [0.2, 0.25) is 0 Å². The Balaban J connectivity index is 2.89. The van der Waals surface area contributed by atoms with E-state index in [0.29, 0.717) is 10.3 Å². The number of hydrogen-bond acceptors (Lipinski definition) is 4. The molecule has 1 heterocycles. The highest BCUT2D eigenvalue weighted by Gasteiger charge is 2.02. The zero-order valence-electron chi connectivity index (χ0n) is 6.37. The van der Waals surface area contributed by atoms with Gasteiger partial charge in [-0.1, -0.05) is 0 Å². The van der Waals surface area contributed by atoms with Crippen molar-refractivity contribution in [2.24, 2.45) is 0 Å². The number of halogens is 1. The van der Waals surface area contributed by atoms with E-state index < -0.39 is 5.97 Å². The lowest BCUT2D eigenvalue weighted by Gasteiger charge is -2.01. The number of ether oxygens (including phenoxy) is 1. The van der Waals surface area contributed by atoms with E-state index in [4.69, 9.17) is 10.5 Å². The predicted octanol–water partition coefficient (Wildman–Crippen LogP) is 1.35. The van der Waals surface area contributed by atoms with E-state index >= 15 is 0 Å². The first-order chi connectivity index (χ1) is 5.59. The fourth-order valence-electron chi connectivity index (χ4n) is 0.643. The molecule has 0 bridgehead atoms. The van der Waals surface area contributed by atoms with Crippen molar-refractivity contribution < 1.29 is 9.53 Å². The summed E-state index contributed by atoms with van der Waals surface area (Å²) in [6, 6.07) is 3.22. The van der Waals surface area contributed by atoms with E-state index in [-0.39, 0.29) is 5.88 Å². The summed E-state index contributed by atoms with van der Waals surface area (Å²) < 4.78 is 5.38. The Hall–Kier alpha value is -1.10. The molecule has 1 aromatic heterocycles. The van der Waals surface area contributed by atoms with Crippen LogP contribution in [0.4, 0.5) is 5.82 Å². The maximum atomic E-state index is 10.5. The van der Waals surface area contributed by atoms with Gasteiger partial charge in [0.15, 0.2) is 0 Å². The molecule has 0 aliphatic heterocycles. The van der Waals surface area contributed by atoms with Gasteiger partial charge in [-0.25, -0.2) is 0 Å². The molecule has 0 aliphatic carbocycles. The number of carbonyl (C=O) groups is 1. The highest BCUT2D eigenvalue weighted by Crippen LogP contribution is 2.19. The summed E-state index contributed by atoms with van der Waals surface area (Å²) in [6.45, 7) is 1.31. The second-order valence-corrected chi connectivity index (χ2v) is 2.96. The van der Waals surface area contributed by atoms with E-state index in [1.165, 1.54) is 6.92 Å². The smallest absolute Gasteiger partial charge is 0.309 e. The quantitative estimate of drug-likeness (QED) is 0.741. The van der Waals surface area contributed by atoms with Crippen LogP contribution in [0.15, 0.2) is 16.6 Å². The molecule has 0 unspecified atom stereocenters. The van der Waals surface area contributed by atoms with Crippen molar-refractivity contribution in [1.82, 2.24) is 4.98 Å². The van der Waals surface area contributed by atoms with Gasteiger partial charge in [-0.05, 0) is 22.0 Å². The molecule has 0 aromatic carbocycles. The van der Waals surface area contributed by atoms with Crippen LogP contribution in [-0.4, -0.2) is 11.0 Å². The number of nitrogen functional groups attached to an aromatic ring is 1. The molecule has 64 valence electrons. The van der Waals surface area contributed by atoms with Crippen LogP contribution < -0.4 is 10.5 Å². The van der Waals surface area contributed by atoms with Gasteiger partial charge in [-0.15, -0.1) is 0 Å². The van der Waals surface area contributed by atoms with E-state index in [0.717, 1.165) is 0 Å². The summed E-state index contributed by atoms with van der Waals surface area (Å²) in [5, 5.41) is 0. The molecule has 0 aliphatic rings. The average Bonchev–Trinajstić information content (AvgIpc) is 1.96. The van der Waals surface area contributed by atoms with Gasteiger partial charge in [-0.2, -0.15) is 4.98 Å². The van der Waals surface area contributed by atoms with Crippen LogP contribution in [0.5, 0.6) is 5.88 Å². The van der Waals surface area contributed by atoms with Gasteiger partial charge in [-0.3, -0.25) is 4.79 Å². The third kappa shape index (κ3) is 2.20. The topological polar surface area (TPSA) is 65.2 Å². The lowest BCUT2D eigenvalue weighted by Crippen LogP contribution is -2.04. The minimum atomic E-state index is -0.413. The number of esters is 1. The molecule has 0 spiro atoms. The maximum Gasteiger partial charge on any atom is 0.309 e. The minimum Gasteiger partial charge on any atom is -0.408 e. The lowest BCUT2D eigenvalue weighted by molar-refractivity contribution is -0.132. The fraction of sp³-hybridized carbons (Fsp3) is 0.143. The summed E-state index contributed by atoms with van der Waals surface area (Å²) in [5.41, 5.74) is 5.45. The van der Waals surface area contributed by atoms with E-state index in [1.54, 1.807) is 12.1 Å². The lowest BCUT2D eigenvalue weighted by atomic mass is 10.4. The predicted molar refractivity (Wildman–Crippen MR) is 47.7 cm³/mol. The number of nitrogens with two attached hydrogens (primary N) is 1. The molecule has 12 heavy (non-hydrogen) atoms. The average molecular weight is 231 g/mol. The normalized spacial score (nSPS) is 9.50. The number of nitrogens with zero attached hydrogens (tertiary/aromatic N) is 1. The fourth-order valence-corrected chi connectivity index (χ4v) is 0.864. The zero-order chi connectivity index (χ0) is 9.14. The molecular formula is C7H7BrN2O2. The Morgan fingerprint density at radius 2 is 2.33 bits per heavy atom. The van der Waals surface area contributed by atoms with Crippen LogP contribution in [-0.2, 0) is 4.79 Å². The standard InChI is InChI=1S/C7H7BrN2O2/c1-4(11)12-6-3-2-5(8)7(9)10-6/h2-3H,1H3,(H2,9,10). The summed E-state index contributed by atoms with van der Waals surface area (Å²) in [7, 11) is 0. The number of rotatable bonds is 1. The second-order valence-electron chi connectivity index (χ2n) is 2.11. The van der Waals surface area contributed by atoms with Crippen molar-refractivity contribution in [1.29, 1.82) is 0 Å². The van der Waals surface area contributed by atoms with Crippen molar-refractivity contribution in [3.63, 3.8) is 0 Å². The van der Waals surface area contributed by atoms with E-state index in [2.05, 4.69) is 20.9 Å². The molecule has 5 heteroatoms. The SMILES string of the molecule is CC(=O)Oc1ccc(Br)c(N)n1. The monoisotopic (exact) mass is 230 g/mol. The summed E-state index contributed by atoms with van der Waals surface area (Å²) in [6.07, 6.45) is 0. The number of hydrogen-bond donors (Lipinski definition) is 1. The third-order valence-electron chi connectivity index (χ3n) is 1.10. The van der Waals surface area contributed by atoms with Crippen LogP contribution in [0, 0.1) is 0 Å². The Labute approximate surface area is 77.9 Å². The zero-order valence-corrected chi connectivity index (χ0v) is 7.96. The molecule has 2 N–H and O–H groups in total. The van der Waals surface area contributed by atoms with E-state index in [9.17, 15) is 4.79 Å². The Morgan fingerprint density at radius 1 is 1.67 bits per heavy atom. The van der Waals surface area contributed by atoms with Gasteiger partial charge in [0.2, 0.25) is 5.88 Å². The van der Waals surface area contributed by atoms with Gasteiger partial charge in [0.05, 0.1) is 4.47 Å². The molecular weight excluding hydrogens is 224 g/mol. The summed E-state index contributed by atoms with van der Waals surface area (Å²) in [5.74, 6) is 0.0983. The van der Waals surface area contributed by atoms with Gasteiger partial charge < -0.3 is 10.5 Å². The van der Waals surface area contributed by atoms with Crippen LogP contribution in [0.3, 0.4) is 0 Å². The largest absolute Gasteiger partial charge is 0.408 e. The van der Waals surface area contributed by atoms with Crippen LogP contribution in [0.25, 0.3) is 0 Å². The first-order valence-corrected chi connectivity index (χ1v) is 3.99. The molecule has 1 aromatic rings. The number of pyridine rings is 1. The van der Waals surface area contributed by atoms with Crippen LogP contribution in [0.1, 0.15) is 6.92 Å². The molecule has 0 atom stereocenters. The number of carbonyl (C=O) groups excluding carboxylic acids is 1. The van der Waals surface area contributed by atoms with Gasteiger partial charge in [0, 0.05) is 13.0 Å². The maximum absolute atomic E-state index is 10.5. The highest BCUT2D eigenvalue weighted by molar-refractivity contribution is 9.10. The highest BCUT2D eigenvalue weighted by atomic mass is 79.9. The summed E-state index contributed by atoms with van der Waals surface area (Å²) >= 11 is 3.17. The van der Waals surface area contributed by atoms with Crippen molar-refractivity contribution in [3.05, 3.63) is 16.6 Å². The summed E-state index contributed by atoms with van der Waals surface area (Å²) in [4.78, 5) is 14.3.